The number of hydrogen-bond donors (Lipinski definition) is 2. The van der Waals surface area contributed by atoms with Crippen LogP contribution in [-0.2, 0) is 9.53 Å². The van der Waals surface area contributed by atoms with E-state index < -0.39 is 23.9 Å². The number of nitrogens with one attached hydrogen (secondary N) is 2. The first-order valence-corrected chi connectivity index (χ1v) is 11.4. The molecule has 0 radical (unpaired) electrons. The Morgan fingerprint density at radius 2 is 1.89 bits per heavy atom. The number of morpholine rings is 1. The summed E-state index contributed by atoms with van der Waals surface area (Å²) >= 11 is 1.05. The highest BCUT2D eigenvalue weighted by Crippen LogP contribution is 2.32. The Kier molecular flexibility index (Phi) is 7.71. The van der Waals surface area contributed by atoms with Gasteiger partial charge >= 0.3 is 6.36 Å². The summed E-state index contributed by atoms with van der Waals surface area (Å²) in [5, 5.41) is 13.4. The second kappa shape index (κ2) is 10.9. The summed E-state index contributed by atoms with van der Waals surface area (Å²) in [6.45, 7) is 3.63. The number of nitrogens with zero attached hydrogens (tertiary/aromatic N) is 5. The number of alkyl halides is 3. The van der Waals surface area contributed by atoms with E-state index in [1.165, 1.54) is 12.4 Å². The van der Waals surface area contributed by atoms with Gasteiger partial charge in [0, 0.05) is 31.0 Å². The van der Waals surface area contributed by atoms with E-state index in [2.05, 4.69) is 35.5 Å². The van der Waals surface area contributed by atoms with Crippen molar-refractivity contribution in [2.24, 2.45) is 0 Å². The molecule has 1 saturated heterocycles. The predicted octanol–water partition coefficient (Wildman–Crippen LogP) is 2.73. The number of halogens is 3. The van der Waals surface area contributed by atoms with Crippen LogP contribution in [0.5, 0.6) is 5.75 Å². The number of aryl methyl sites for hydroxylation is 1. The number of anilines is 2. The fourth-order valence-electron chi connectivity index (χ4n) is 3.29. The zero-order valence-electron chi connectivity index (χ0n) is 18.8. The van der Waals surface area contributed by atoms with Crippen molar-refractivity contribution >= 4 is 34.0 Å². The number of aromatic nitrogens is 4. The molecule has 3 aromatic rings. The SMILES string of the molecule is Cc1nccnc1-c1nnc(NC(=O)c2ccc(OC(F)(F)F)c(NC(=O)CN3CCOCC3)c2)s1. The molecule has 1 aliphatic heterocycles. The molecule has 0 bridgehead atoms. The smallest absolute Gasteiger partial charge is 0.404 e. The van der Waals surface area contributed by atoms with Crippen molar-refractivity contribution in [1.82, 2.24) is 25.1 Å². The molecule has 0 atom stereocenters. The largest absolute Gasteiger partial charge is 0.573 e. The summed E-state index contributed by atoms with van der Waals surface area (Å²) in [6, 6.07) is 3.20. The normalized spacial score (nSPS) is 14.3. The molecule has 2 aromatic heterocycles. The first kappa shape index (κ1) is 25.4. The first-order valence-electron chi connectivity index (χ1n) is 10.6. The van der Waals surface area contributed by atoms with Crippen molar-refractivity contribution in [3.05, 3.63) is 41.9 Å². The molecular formula is C21H20F3N7O4S. The maximum Gasteiger partial charge on any atom is 0.573 e. The van der Waals surface area contributed by atoms with E-state index in [-0.39, 0.29) is 22.9 Å². The Morgan fingerprint density at radius 3 is 2.61 bits per heavy atom. The van der Waals surface area contributed by atoms with Gasteiger partial charge in [-0.3, -0.25) is 29.8 Å². The minimum absolute atomic E-state index is 0.0290. The molecule has 2 N–H and O–H groups in total. The number of carbonyl (C=O) groups is 2. The van der Waals surface area contributed by atoms with Crippen LogP contribution in [0.15, 0.2) is 30.6 Å². The van der Waals surface area contributed by atoms with Crippen molar-refractivity contribution in [1.29, 1.82) is 0 Å². The minimum Gasteiger partial charge on any atom is -0.404 e. The third-order valence-corrected chi connectivity index (χ3v) is 5.79. The summed E-state index contributed by atoms with van der Waals surface area (Å²) in [5.74, 6) is -1.88. The maximum atomic E-state index is 12.9. The van der Waals surface area contributed by atoms with Crippen molar-refractivity contribution < 1.29 is 32.2 Å². The van der Waals surface area contributed by atoms with Crippen LogP contribution in [-0.4, -0.2) is 76.1 Å². The van der Waals surface area contributed by atoms with E-state index in [4.69, 9.17) is 4.74 Å². The molecule has 1 aromatic carbocycles. The van der Waals surface area contributed by atoms with Crippen LogP contribution in [0.4, 0.5) is 24.0 Å². The number of hydrogen-bond acceptors (Lipinski definition) is 10. The average Bonchev–Trinajstić information content (AvgIpc) is 3.28. The molecule has 11 nitrogen and oxygen atoms in total. The lowest BCUT2D eigenvalue weighted by molar-refractivity contribution is -0.274. The first-order chi connectivity index (χ1) is 17.2. The Morgan fingerprint density at radius 1 is 1.14 bits per heavy atom. The summed E-state index contributed by atoms with van der Waals surface area (Å²) in [7, 11) is 0. The molecule has 36 heavy (non-hydrogen) atoms. The molecule has 3 heterocycles. The summed E-state index contributed by atoms with van der Waals surface area (Å²) in [4.78, 5) is 35.4. The lowest BCUT2D eigenvalue weighted by Gasteiger charge is -2.26. The topological polar surface area (TPSA) is 131 Å². The second-order valence-electron chi connectivity index (χ2n) is 7.55. The lowest BCUT2D eigenvalue weighted by Crippen LogP contribution is -2.41. The number of ether oxygens (including phenoxy) is 2. The average molecular weight is 523 g/mol. The summed E-state index contributed by atoms with van der Waals surface area (Å²) in [6.07, 6.45) is -1.96. The van der Waals surface area contributed by atoms with Gasteiger partial charge in [0.1, 0.15) is 5.69 Å². The summed E-state index contributed by atoms with van der Waals surface area (Å²) < 4.78 is 47.9. The molecule has 0 spiro atoms. The second-order valence-corrected chi connectivity index (χ2v) is 8.53. The van der Waals surface area contributed by atoms with Gasteiger partial charge < -0.3 is 14.8 Å². The molecule has 15 heteroatoms. The van der Waals surface area contributed by atoms with Gasteiger partial charge in [-0.2, -0.15) is 0 Å². The zero-order chi connectivity index (χ0) is 25.7. The number of amides is 2. The molecule has 0 saturated carbocycles. The summed E-state index contributed by atoms with van der Waals surface area (Å²) in [5.41, 5.74) is 0.809. The van der Waals surface area contributed by atoms with E-state index in [1.54, 1.807) is 11.8 Å². The van der Waals surface area contributed by atoms with Crippen LogP contribution in [0.1, 0.15) is 16.1 Å². The molecule has 0 aliphatic carbocycles. The van der Waals surface area contributed by atoms with Gasteiger partial charge in [-0.15, -0.1) is 23.4 Å². The predicted molar refractivity (Wildman–Crippen MR) is 123 cm³/mol. The van der Waals surface area contributed by atoms with Gasteiger partial charge in [0.2, 0.25) is 11.0 Å². The van der Waals surface area contributed by atoms with Crippen molar-refractivity contribution in [3.63, 3.8) is 0 Å². The van der Waals surface area contributed by atoms with E-state index in [1.807, 2.05) is 0 Å². The standard InChI is InChI=1S/C21H20F3N7O4S/c1-12-17(26-5-4-25-12)19-29-30-20(36-19)28-18(33)13-2-3-15(35-21(22,23)24)14(10-13)27-16(32)11-31-6-8-34-9-7-31/h2-5,10H,6-9,11H2,1H3,(H,27,32)(H,28,30,33). The van der Waals surface area contributed by atoms with Gasteiger partial charge in [0.05, 0.1) is 31.1 Å². The quantitative estimate of drug-likeness (QED) is 0.480. The van der Waals surface area contributed by atoms with Crippen LogP contribution in [0.3, 0.4) is 0 Å². The number of benzene rings is 1. The molecule has 0 unspecified atom stereocenters. The van der Waals surface area contributed by atoms with Crippen LogP contribution in [0, 0.1) is 6.92 Å². The van der Waals surface area contributed by atoms with Crippen LogP contribution >= 0.6 is 11.3 Å². The monoisotopic (exact) mass is 523 g/mol. The number of carbonyl (C=O) groups excluding carboxylic acids is 2. The van der Waals surface area contributed by atoms with Gasteiger partial charge in [-0.1, -0.05) is 11.3 Å². The van der Waals surface area contributed by atoms with Gasteiger partial charge in [0.25, 0.3) is 5.91 Å². The zero-order valence-corrected chi connectivity index (χ0v) is 19.6. The highest BCUT2D eigenvalue weighted by molar-refractivity contribution is 7.18. The Balaban J connectivity index is 1.50. The van der Waals surface area contributed by atoms with Gasteiger partial charge in [0.15, 0.2) is 10.8 Å². The Labute approximate surface area is 206 Å². The highest BCUT2D eigenvalue weighted by Gasteiger charge is 2.32. The van der Waals surface area contributed by atoms with E-state index in [9.17, 15) is 22.8 Å². The minimum atomic E-state index is -4.99. The Hall–Kier alpha value is -3.69. The van der Waals surface area contributed by atoms with Crippen molar-refractivity contribution in [2.75, 3.05) is 43.5 Å². The Bertz CT molecular complexity index is 1250. The molecule has 1 fully saturated rings. The van der Waals surface area contributed by atoms with E-state index in [0.717, 1.165) is 29.5 Å². The lowest BCUT2D eigenvalue weighted by atomic mass is 10.1. The van der Waals surface area contributed by atoms with Gasteiger partial charge in [-0.25, -0.2) is 0 Å². The van der Waals surface area contributed by atoms with Crippen molar-refractivity contribution in [2.45, 2.75) is 13.3 Å². The molecule has 4 rings (SSSR count). The number of rotatable bonds is 7. The van der Waals surface area contributed by atoms with E-state index in [0.29, 0.717) is 42.7 Å². The maximum absolute atomic E-state index is 12.9. The molecule has 2 amide bonds. The van der Waals surface area contributed by atoms with Crippen LogP contribution in [0.2, 0.25) is 0 Å². The van der Waals surface area contributed by atoms with Crippen molar-refractivity contribution in [3.8, 4) is 16.5 Å². The van der Waals surface area contributed by atoms with Crippen LogP contribution in [0.25, 0.3) is 10.7 Å². The van der Waals surface area contributed by atoms with E-state index >= 15 is 0 Å². The fraction of sp³-hybridized carbons (Fsp3) is 0.333. The molecular weight excluding hydrogens is 503 g/mol. The highest BCUT2D eigenvalue weighted by atomic mass is 32.1. The third kappa shape index (κ3) is 6.71. The molecule has 190 valence electrons. The third-order valence-electron chi connectivity index (χ3n) is 4.94. The van der Waals surface area contributed by atoms with Gasteiger partial charge in [-0.05, 0) is 25.1 Å². The van der Waals surface area contributed by atoms with Crippen LogP contribution < -0.4 is 15.4 Å². The molecule has 1 aliphatic rings. The fourth-order valence-corrected chi connectivity index (χ4v) is 4.08.